The van der Waals surface area contributed by atoms with E-state index in [1.54, 1.807) is 5.30 Å². The van der Waals surface area contributed by atoms with Crippen molar-refractivity contribution in [2.75, 3.05) is 0 Å². The van der Waals surface area contributed by atoms with Crippen molar-refractivity contribution in [3.8, 4) is 0 Å². The van der Waals surface area contributed by atoms with Crippen LogP contribution in [0.2, 0.25) is 19.6 Å². The molecule has 0 bridgehead atoms. The second-order valence-corrected chi connectivity index (χ2v) is 32.2. The van der Waals surface area contributed by atoms with Crippen LogP contribution >= 0.6 is 15.8 Å². The van der Waals surface area contributed by atoms with Gasteiger partial charge in [-0.15, -0.1) is 0 Å². The summed E-state index contributed by atoms with van der Waals surface area (Å²) in [5, 5.41) is 16.0. The average Bonchev–Trinajstić information content (AvgIpc) is 3.16. The summed E-state index contributed by atoms with van der Waals surface area (Å²) in [6.07, 6.45) is 0. The zero-order chi connectivity index (χ0) is 36.0. The third-order valence-electron chi connectivity index (χ3n) is 9.47. The summed E-state index contributed by atoms with van der Waals surface area (Å²) in [4.78, 5) is 0. The molecule has 3 unspecified atom stereocenters. The average molecular weight is 681 g/mol. The topological polar surface area (TPSA) is 20.2 Å². The Balaban J connectivity index is 2.58. The van der Waals surface area contributed by atoms with Gasteiger partial charge in [-0.3, -0.25) is 0 Å². The van der Waals surface area contributed by atoms with Crippen LogP contribution in [-0.2, 0) is 32.5 Å². The molecule has 0 saturated heterocycles. The van der Waals surface area contributed by atoms with Crippen LogP contribution in [0.25, 0.3) is 0 Å². The smallest absolute Gasteiger partial charge is 0.120 e. The molecule has 4 heteroatoms. The van der Waals surface area contributed by atoms with Gasteiger partial charge in [0.2, 0.25) is 0 Å². The van der Waals surface area contributed by atoms with Gasteiger partial charge in [-0.1, -0.05) is 169 Å². The Kier molecular flexibility index (Phi) is 10.4. The van der Waals surface area contributed by atoms with E-state index >= 15 is 0 Å². The van der Waals surface area contributed by atoms with E-state index in [-0.39, 0.29) is 32.5 Å². The van der Waals surface area contributed by atoms with E-state index in [9.17, 15) is 5.11 Å². The maximum absolute atomic E-state index is 12.5. The lowest BCUT2D eigenvalue weighted by Crippen LogP contribution is -2.42. The zero-order valence-electron chi connectivity index (χ0n) is 33.8. The Labute approximate surface area is 289 Å². The first kappa shape index (κ1) is 39.5. The SMILES string of the molecule is CC(C)(C)c1cc(C(C)(C)C)c(P2C=C(O)P(c3c(C(C)(C)C)cc(C(C)(C)C)cc3C(C)(C)C)C2[Si](C)(C)C)c(C(C)(C)C)c1. The molecule has 1 aliphatic heterocycles. The number of rotatable bonds is 3. The van der Waals surface area contributed by atoms with Gasteiger partial charge in [0.1, 0.15) is 5.50 Å². The highest BCUT2D eigenvalue weighted by Crippen LogP contribution is 2.73. The molecule has 3 rings (SSSR count). The highest BCUT2D eigenvalue weighted by Gasteiger charge is 2.51. The van der Waals surface area contributed by atoms with E-state index in [2.05, 4.69) is 174 Å². The first-order valence-electron chi connectivity index (χ1n) is 17.6. The van der Waals surface area contributed by atoms with E-state index in [0.717, 1.165) is 0 Å². The Morgan fingerprint density at radius 1 is 0.478 bits per heavy atom. The summed E-state index contributed by atoms with van der Waals surface area (Å²) in [5.74, 6) is 2.40. The van der Waals surface area contributed by atoms with Gasteiger partial charge in [0, 0.05) is 5.02 Å². The van der Waals surface area contributed by atoms with Crippen LogP contribution in [0.3, 0.4) is 0 Å². The summed E-state index contributed by atoms with van der Waals surface area (Å²) in [5.41, 5.74) is 9.31. The van der Waals surface area contributed by atoms with Crippen molar-refractivity contribution < 1.29 is 5.11 Å². The normalized spacial score (nSPS) is 20.7. The summed E-state index contributed by atoms with van der Waals surface area (Å²) in [6, 6.07) is 10.1. The van der Waals surface area contributed by atoms with Crippen LogP contribution in [-0.4, -0.2) is 18.2 Å². The Morgan fingerprint density at radius 2 is 0.761 bits per heavy atom. The quantitative estimate of drug-likeness (QED) is 0.253. The zero-order valence-corrected chi connectivity index (χ0v) is 36.6. The Hall–Kier alpha value is -0.943. The molecule has 3 atom stereocenters. The molecule has 1 heterocycles. The van der Waals surface area contributed by atoms with Gasteiger partial charge < -0.3 is 5.11 Å². The molecule has 2 aromatic carbocycles. The molecule has 1 nitrogen and oxygen atoms in total. The van der Waals surface area contributed by atoms with Gasteiger partial charge >= 0.3 is 0 Å². The van der Waals surface area contributed by atoms with Crippen LogP contribution in [0.15, 0.2) is 35.6 Å². The fraction of sp³-hybridized carbons (Fsp3) is 0.667. The van der Waals surface area contributed by atoms with Gasteiger partial charge in [0.25, 0.3) is 0 Å². The standard InChI is InChI=1S/C42H70OP2Si/c1-37(2,3)27-22-29(39(7,8)9)34(30(23-27)40(10,11)12)44-26-33(43)45(36(44)46(19,20)21)35-31(41(13,14)15)24-28(38(4,5)6)25-32(35)42(16,17)18/h22-26,36,43H,1-21H3. The summed E-state index contributed by atoms with van der Waals surface area (Å²) in [6.45, 7) is 50.4. The molecule has 0 aliphatic carbocycles. The summed E-state index contributed by atoms with van der Waals surface area (Å²) >= 11 is 0. The van der Waals surface area contributed by atoms with Crippen LogP contribution in [0, 0.1) is 0 Å². The predicted octanol–water partition coefficient (Wildman–Crippen LogP) is 13.0. The third kappa shape index (κ3) is 8.08. The van der Waals surface area contributed by atoms with Gasteiger partial charge in [-0.25, -0.2) is 0 Å². The molecule has 2 aromatic rings. The van der Waals surface area contributed by atoms with E-state index in [0.29, 0.717) is 10.5 Å². The van der Waals surface area contributed by atoms with Crippen molar-refractivity contribution >= 4 is 34.5 Å². The molecule has 0 amide bonds. The monoisotopic (exact) mass is 680 g/mol. The molecule has 0 aromatic heterocycles. The molecular weight excluding hydrogens is 610 g/mol. The van der Waals surface area contributed by atoms with Crippen LogP contribution in [0.4, 0.5) is 0 Å². The van der Waals surface area contributed by atoms with Gasteiger partial charge in [0.15, 0.2) is 0 Å². The highest BCUT2D eigenvalue weighted by atomic mass is 31.2. The van der Waals surface area contributed by atoms with Crippen molar-refractivity contribution in [3.63, 3.8) is 0 Å². The number of aliphatic hydroxyl groups is 1. The molecule has 0 radical (unpaired) electrons. The summed E-state index contributed by atoms with van der Waals surface area (Å²) < 4.78 is 0. The van der Waals surface area contributed by atoms with E-state index in [1.165, 1.54) is 38.7 Å². The van der Waals surface area contributed by atoms with Gasteiger partial charge in [0.05, 0.1) is 8.07 Å². The second-order valence-electron chi connectivity index (χ2n) is 21.3. The minimum absolute atomic E-state index is 0.0147. The molecule has 1 aliphatic rings. The Bertz CT molecular complexity index is 1410. The number of aliphatic hydroxyl groups excluding tert-OH is 1. The van der Waals surface area contributed by atoms with E-state index in [1.807, 2.05) is 0 Å². The highest BCUT2D eigenvalue weighted by molar-refractivity contribution is 7.92. The van der Waals surface area contributed by atoms with Crippen molar-refractivity contribution in [3.05, 3.63) is 69.0 Å². The third-order valence-corrected chi connectivity index (χ3v) is 23.0. The summed E-state index contributed by atoms with van der Waals surface area (Å²) in [7, 11) is -3.56. The van der Waals surface area contributed by atoms with Crippen molar-refractivity contribution in [2.45, 2.75) is 182 Å². The fourth-order valence-corrected chi connectivity index (χ4v) is 21.8. The van der Waals surface area contributed by atoms with Crippen molar-refractivity contribution in [1.29, 1.82) is 0 Å². The lowest BCUT2D eigenvalue weighted by molar-refractivity contribution is 0.455. The fourth-order valence-electron chi connectivity index (χ4n) is 6.69. The molecule has 0 spiro atoms. The van der Waals surface area contributed by atoms with Crippen LogP contribution in [0.5, 0.6) is 0 Å². The minimum atomic E-state index is -1.84. The second kappa shape index (κ2) is 12.1. The first-order chi connectivity index (χ1) is 20.2. The minimum Gasteiger partial charge on any atom is -0.507 e. The molecule has 1 N–H and O–H groups in total. The Morgan fingerprint density at radius 3 is 1.00 bits per heavy atom. The molecule has 0 fully saturated rings. The molecule has 0 saturated carbocycles. The van der Waals surface area contributed by atoms with Gasteiger partial charge in [-0.2, -0.15) is 0 Å². The number of hydrogen-bond acceptors (Lipinski definition) is 1. The van der Waals surface area contributed by atoms with E-state index in [4.69, 9.17) is 0 Å². The maximum Gasteiger partial charge on any atom is 0.120 e. The van der Waals surface area contributed by atoms with Crippen LogP contribution < -0.4 is 10.6 Å². The first-order valence-corrected chi connectivity index (χ1v) is 24.0. The maximum atomic E-state index is 12.5. The lowest BCUT2D eigenvalue weighted by atomic mass is 9.75. The molecule has 258 valence electrons. The number of hydrogen-bond donors (Lipinski definition) is 1. The largest absolute Gasteiger partial charge is 0.507 e. The van der Waals surface area contributed by atoms with Crippen molar-refractivity contribution in [2.24, 2.45) is 0 Å². The molecular formula is C42H70OP2Si. The van der Waals surface area contributed by atoms with Crippen LogP contribution in [0.1, 0.15) is 158 Å². The molecule has 46 heavy (non-hydrogen) atoms. The van der Waals surface area contributed by atoms with Gasteiger partial charge in [-0.05, 0) is 98.1 Å². The predicted molar refractivity (Wildman–Crippen MR) is 216 cm³/mol. The van der Waals surface area contributed by atoms with Crippen molar-refractivity contribution in [1.82, 2.24) is 0 Å². The lowest BCUT2D eigenvalue weighted by Gasteiger charge is -2.43. The van der Waals surface area contributed by atoms with E-state index < -0.39 is 23.9 Å². The number of benzene rings is 2.